The maximum Gasteiger partial charge on any atom is 0.255 e. The first-order valence-electron chi connectivity index (χ1n) is 6.01. The van der Waals surface area contributed by atoms with Gasteiger partial charge in [-0.05, 0) is 30.7 Å². The van der Waals surface area contributed by atoms with Crippen molar-refractivity contribution in [2.24, 2.45) is 0 Å². The minimum atomic E-state index is -3.37. The summed E-state index contributed by atoms with van der Waals surface area (Å²) in [6.07, 6.45) is 2.27. The summed E-state index contributed by atoms with van der Waals surface area (Å²) in [6, 6.07) is 6.81. The van der Waals surface area contributed by atoms with Gasteiger partial charge in [-0.2, -0.15) is 4.39 Å². The number of aryl methyl sites for hydroxylation is 1. The number of carbonyl (C=O) groups excluding carboxylic acids is 1. The van der Waals surface area contributed by atoms with Gasteiger partial charge in [-0.25, -0.2) is 13.4 Å². The molecule has 1 aromatic heterocycles. The van der Waals surface area contributed by atoms with Crippen molar-refractivity contribution in [3.05, 3.63) is 53.6 Å². The Morgan fingerprint density at radius 1 is 1.24 bits per heavy atom. The summed E-state index contributed by atoms with van der Waals surface area (Å²) in [7, 11) is -3.37. The maximum atomic E-state index is 13.0. The first kappa shape index (κ1) is 15.1. The molecule has 0 fully saturated rings. The van der Waals surface area contributed by atoms with Crippen LogP contribution in [0.15, 0.2) is 41.4 Å². The number of pyridine rings is 1. The predicted molar refractivity (Wildman–Crippen MR) is 76.4 cm³/mol. The molecule has 2 rings (SSSR count). The van der Waals surface area contributed by atoms with Crippen molar-refractivity contribution in [3.8, 4) is 0 Å². The van der Waals surface area contributed by atoms with E-state index in [1.807, 2.05) is 0 Å². The molecule has 0 bridgehead atoms. The molecular weight excluding hydrogens is 295 g/mol. The van der Waals surface area contributed by atoms with Gasteiger partial charge in [0, 0.05) is 29.8 Å². The lowest BCUT2D eigenvalue weighted by Crippen LogP contribution is -2.13. The normalized spacial score (nSPS) is 11.2. The number of hydrogen-bond donors (Lipinski definition) is 1. The van der Waals surface area contributed by atoms with E-state index >= 15 is 0 Å². The van der Waals surface area contributed by atoms with Gasteiger partial charge in [0.2, 0.25) is 5.95 Å². The predicted octanol–water partition coefficient (Wildman–Crippen LogP) is 2.18. The number of carbonyl (C=O) groups is 1. The lowest BCUT2D eigenvalue weighted by Gasteiger charge is -2.10. The van der Waals surface area contributed by atoms with Gasteiger partial charge < -0.3 is 5.32 Å². The number of anilines is 1. The second-order valence-corrected chi connectivity index (χ2v) is 6.59. The molecule has 110 valence electrons. The average molecular weight is 308 g/mol. The highest BCUT2D eigenvalue weighted by molar-refractivity contribution is 7.90. The summed E-state index contributed by atoms with van der Waals surface area (Å²) in [6.45, 7) is 1.73. The van der Waals surface area contributed by atoms with Crippen molar-refractivity contribution >= 4 is 21.4 Å². The van der Waals surface area contributed by atoms with E-state index in [9.17, 15) is 17.6 Å². The Hall–Kier alpha value is -2.28. The highest BCUT2D eigenvalue weighted by atomic mass is 32.2. The number of aromatic nitrogens is 1. The summed E-state index contributed by atoms with van der Waals surface area (Å²) in [4.78, 5) is 15.5. The molecule has 0 radical (unpaired) electrons. The van der Waals surface area contributed by atoms with E-state index in [2.05, 4.69) is 10.3 Å². The molecule has 0 aliphatic rings. The molecule has 0 aliphatic carbocycles. The van der Waals surface area contributed by atoms with Gasteiger partial charge in [0.15, 0.2) is 9.84 Å². The third kappa shape index (κ3) is 3.63. The molecule has 7 heteroatoms. The van der Waals surface area contributed by atoms with Crippen molar-refractivity contribution in [2.75, 3.05) is 11.6 Å². The van der Waals surface area contributed by atoms with Crippen molar-refractivity contribution in [1.29, 1.82) is 0 Å². The number of hydrogen-bond acceptors (Lipinski definition) is 4. The smallest absolute Gasteiger partial charge is 0.255 e. The van der Waals surface area contributed by atoms with Crippen LogP contribution in [0.3, 0.4) is 0 Å². The fourth-order valence-corrected chi connectivity index (χ4v) is 2.35. The van der Waals surface area contributed by atoms with Gasteiger partial charge in [0.25, 0.3) is 5.91 Å². The average Bonchev–Trinajstić information content (AvgIpc) is 2.40. The molecule has 0 spiro atoms. The Balaban J connectivity index is 2.33. The molecule has 1 heterocycles. The van der Waals surface area contributed by atoms with E-state index in [-0.39, 0.29) is 10.5 Å². The standard InChI is InChI=1S/C14H13FN2O3S/c1-9-3-4-11(21(2,19)20)8-12(9)17-14(18)10-5-6-16-13(15)7-10/h3-8H,1-2H3,(H,17,18). The molecule has 5 nitrogen and oxygen atoms in total. The van der Waals surface area contributed by atoms with E-state index in [0.29, 0.717) is 11.3 Å². The monoisotopic (exact) mass is 308 g/mol. The van der Waals surface area contributed by atoms with E-state index in [0.717, 1.165) is 12.3 Å². The number of halogens is 1. The largest absolute Gasteiger partial charge is 0.322 e. The van der Waals surface area contributed by atoms with Crippen molar-refractivity contribution < 1.29 is 17.6 Å². The molecule has 0 unspecified atom stereocenters. The summed E-state index contributed by atoms with van der Waals surface area (Å²) >= 11 is 0. The molecule has 1 N–H and O–H groups in total. The molecule has 0 aliphatic heterocycles. The van der Waals surface area contributed by atoms with Crippen LogP contribution in [0.1, 0.15) is 15.9 Å². The zero-order valence-corrected chi connectivity index (χ0v) is 12.2. The highest BCUT2D eigenvalue weighted by Gasteiger charge is 2.13. The Kier molecular flexibility index (Phi) is 4.04. The van der Waals surface area contributed by atoms with Crippen LogP contribution >= 0.6 is 0 Å². The van der Waals surface area contributed by atoms with Crippen molar-refractivity contribution in [3.63, 3.8) is 0 Å². The Bertz CT molecular complexity index is 804. The minimum absolute atomic E-state index is 0.101. The van der Waals surface area contributed by atoms with Crippen molar-refractivity contribution in [2.45, 2.75) is 11.8 Å². The molecular formula is C14H13FN2O3S. The lowest BCUT2D eigenvalue weighted by molar-refractivity contribution is 0.102. The third-order valence-electron chi connectivity index (χ3n) is 2.87. The SMILES string of the molecule is Cc1ccc(S(C)(=O)=O)cc1NC(=O)c1ccnc(F)c1. The number of sulfone groups is 1. The summed E-state index contributed by atoms with van der Waals surface area (Å²) < 4.78 is 36.0. The molecule has 0 saturated heterocycles. The number of nitrogens with one attached hydrogen (secondary N) is 1. The summed E-state index contributed by atoms with van der Waals surface area (Å²) in [5.74, 6) is -1.30. The second kappa shape index (κ2) is 5.61. The first-order chi connectivity index (χ1) is 9.77. The summed E-state index contributed by atoms with van der Waals surface area (Å²) in [5.41, 5.74) is 1.16. The van der Waals surface area contributed by atoms with E-state index in [1.165, 1.54) is 24.4 Å². The fraction of sp³-hybridized carbons (Fsp3) is 0.143. The molecule has 0 atom stereocenters. The first-order valence-corrected chi connectivity index (χ1v) is 7.90. The minimum Gasteiger partial charge on any atom is -0.322 e. The Morgan fingerprint density at radius 3 is 2.57 bits per heavy atom. The zero-order valence-electron chi connectivity index (χ0n) is 11.4. The van der Waals surface area contributed by atoms with Crippen molar-refractivity contribution in [1.82, 2.24) is 4.98 Å². The zero-order chi connectivity index (χ0) is 15.6. The Morgan fingerprint density at radius 2 is 1.95 bits per heavy atom. The van der Waals surface area contributed by atoms with E-state index in [1.54, 1.807) is 13.0 Å². The van der Waals surface area contributed by atoms with Gasteiger partial charge >= 0.3 is 0 Å². The molecule has 0 saturated carbocycles. The number of benzene rings is 1. The molecule has 2 aromatic rings. The van der Waals surface area contributed by atoms with E-state index in [4.69, 9.17) is 0 Å². The van der Waals surface area contributed by atoms with Gasteiger partial charge in [-0.3, -0.25) is 4.79 Å². The van der Waals surface area contributed by atoms with Crippen LogP contribution < -0.4 is 5.32 Å². The van der Waals surface area contributed by atoms with Crippen LogP contribution in [-0.4, -0.2) is 25.6 Å². The molecule has 1 aromatic carbocycles. The number of amides is 1. The van der Waals surface area contributed by atoms with Gasteiger partial charge in [-0.1, -0.05) is 6.07 Å². The van der Waals surface area contributed by atoms with E-state index < -0.39 is 21.7 Å². The Labute approximate surface area is 121 Å². The summed E-state index contributed by atoms with van der Waals surface area (Å²) in [5, 5.41) is 2.57. The number of nitrogens with zero attached hydrogens (tertiary/aromatic N) is 1. The van der Waals surface area contributed by atoms with Crippen LogP contribution in [0.4, 0.5) is 10.1 Å². The van der Waals surface area contributed by atoms with Gasteiger partial charge in [-0.15, -0.1) is 0 Å². The van der Waals surface area contributed by atoms with Crippen LogP contribution in [0.5, 0.6) is 0 Å². The lowest BCUT2D eigenvalue weighted by atomic mass is 10.2. The maximum absolute atomic E-state index is 13.0. The third-order valence-corrected chi connectivity index (χ3v) is 3.98. The van der Waals surface area contributed by atoms with Gasteiger partial charge in [0.05, 0.1) is 4.90 Å². The fourth-order valence-electron chi connectivity index (χ4n) is 1.70. The van der Waals surface area contributed by atoms with Gasteiger partial charge in [0.1, 0.15) is 0 Å². The van der Waals surface area contributed by atoms with Crippen LogP contribution in [-0.2, 0) is 9.84 Å². The highest BCUT2D eigenvalue weighted by Crippen LogP contribution is 2.21. The van der Waals surface area contributed by atoms with Crippen LogP contribution in [0.25, 0.3) is 0 Å². The van der Waals surface area contributed by atoms with Crippen LogP contribution in [0.2, 0.25) is 0 Å². The topological polar surface area (TPSA) is 76.1 Å². The quantitative estimate of drug-likeness (QED) is 0.882. The number of rotatable bonds is 3. The second-order valence-electron chi connectivity index (χ2n) is 4.57. The molecule has 21 heavy (non-hydrogen) atoms. The molecule has 1 amide bonds. The van der Waals surface area contributed by atoms with Crippen LogP contribution in [0, 0.1) is 12.9 Å².